The van der Waals surface area contributed by atoms with E-state index in [4.69, 9.17) is 9.84 Å². The van der Waals surface area contributed by atoms with Crippen molar-refractivity contribution in [2.45, 2.75) is 24.3 Å². The first-order chi connectivity index (χ1) is 8.69. The van der Waals surface area contributed by atoms with Crippen LogP contribution in [0.15, 0.2) is 24.3 Å². The average molecular weight is 314 g/mol. The largest absolute Gasteiger partial charge is 0.490 e. The van der Waals surface area contributed by atoms with E-state index in [1.807, 2.05) is 24.3 Å². The van der Waals surface area contributed by atoms with Crippen molar-refractivity contribution in [1.82, 2.24) is 4.90 Å². The minimum atomic E-state index is -0.838. The highest BCUT2D eigenvalue weighted by Crippen LogP contribution is 2.20. The predicted molar refractivity (Wildman–Crippen MR) is 72.3 cm³/mol. The molecule has 0 aliphatic carbocycles. The average Bonchev–Trinajstić information content (AvgIpc) is 2.40. The van der Waals surface area contributed by atoms with Crippen molar-refractivity contribution in [1.29, 1.82) is 0 Å². The smallest absolute Gasteiger partial charge is 0.407 e. The van der Waals surface area contributed by atoms with Crippen molar-refractivity contribution in [3.63, 3.8) is 0 Å². The Morgan fingerprint density at radius 2 is 1.94 bits per heavy atom. The molecule has 5 heteroatoms. The van der Waals surface area contributed by atoms with Crippen LogP contribution in [-0.2, 0) is 5.33 Å². The predicted octanol–water partition coefficient (Wildman–Crippen LogP) is 3.10. The molecular formula is C13H16BrNO3. The topological polar surface area (TPSA) is 49.8 Å². The van der Waals surface area contributed by atoms with Crippen LogP contribution in [0.25, 0.3) is 0 Å². The monoisotopic (exact) mass is 313 g/mol. The standard InChI is InChI=1S/C13H16BrNO3/c14-9-10-1-3-11(4-2-10)18-12-5-7-15(8-6-12)13(16)17/h1-4,12H,5-9H2,(H,16,17). The summed E-state index contributed by atoms with van der Waals surface area (Å²) in [5, 5.41) is 9.69. The molecule has 0 spiro atoms. The van der Waals surface area contributed by atoms with E-state index in [-0.39, 0.29) is 6.10 Å². The number of carbonyl (C=O) groups is 1. The van der Waals surface area contributed by atoms with Crippen LogP contribution in [0.1, 0.15) is 18.4 Å². The minimum Gasteiger partial charge on any atom is -0.490 e. The molecule has 1 aliphatic rings. The van der Waals surface area contributed by atoms with Crippen molar-refractivity contribution in [2.75, 3.05) is 13.1 Å². The van der Waals surface area contributed by atoms with Gasteiger partial charge in [0.1, 0.15) is 11.9 Å². The van der Waals surface area contributed by atoms with Crippen LogP contribution in [0.5, 0.6) is 5.75 Å². The van der Waals surface area contributed by atoms with E-state index in [1.54, 1.807) is 0 Å². The van der Waals surface area contributed by atoms with Crippen molar-refractivity contribution >= 4 is 22.0 Å². The molecule has 1 N–H and O–H groups in total. The molecule has 2 rings (SSSR count). The van der Waals surface area contributed by atoms with E-state index in [2.05, 4.69) is 15.9 Å². The Balaban J connectivity index is 1.85. The first-order valence-electron chi connectivity index (χ1n) is 5.98. The summed E-state index contributed by atoms with van der Waals surface area (Å²) in [6.45, 7) is 1.11. The molecule has 1 heterocycles. The van der Waals surface area contributed by atoms with Crippen molar-refractivity contribution in [3.05, 3.63) is 29.8 Å². The van der Waals surface area contributed by atoms with Gasteiger partial charge in [0.15, 0.2) is 0 Å². The summed E-state index contributed by atoms with van der Waals surface area (Å²) in [7, 11) is 0. The van der Waals surface area contributed by atoms with Crippen LogP contribution < -0.4 is 4.74 Å². The Morgan fingerprint density at radius 1 is 1.33 bits per heavy atom. The fraction of sp³-hybridized carbons (Fsp3) is 0.462. The van der Waals surface area contributed by atoms with Gasteiger partial charge in [0, 0.05) is 31.3 Å². The third-order valence-electron chi connectivity index (χ3n) is 3.09. The lowest BCUT2D eigenvalue weighted by Crippen LogP contribution is -2.41. The van der Waals surface area contributed by atoms with Crippen LogP contribution in [0.2, 0.25) is 0 Å². The van der Waals surface area contributed by atoms with Gasteiger partial charge in [-0.3, -0.25) is 0 Å². The number of ether oxygens (including phenoxy) is 1. The normalized spacial score (nSPS) is 16.6. The molecule has 1 aromatic rings. The lowest BCUT2D eigenvalue weighted by atomic mass is 10.1. The molecule has 0 unspecified atom stereocenters. The molecule has 0 atom stereocenters. The molecule has 0 bridgehead atoms. The second-order valence-electron chi connectivity index (χ2n) is 4.36. The highest BCUT2D eigenvalue weighted by atomic mass is 79.9. The first-order valence-corrected chi connectivity index (χ1v) is 7.10. The van der Waals surface area contributed by atoms with Crippen molar-refractivity contribution in [2.24, 2.45) is 0 Å². The molecule has 1 aliphatic heterocycles. The van der Waals surface area contributed by atoms with Gasteiger partial charge in [0.05, 0.1) is 0 Å². The number of hydrogen-bond donors (Lipinski definition) is 1. The fourth-order valence-electron chi connectivity index (χ4n) is 2.01. The quantitative estimate of drug-likeness (QED) is 0.872. The maximum absolute atomic E-state index is 10.8. The number of benzene rings is 1. The van der Waals surface area contributed by atoms with Gasteiger partial charge in [-0.25, -0.2) is 4.79 Å². The van der Waals surface area contributed by atoms with E-state index in [0.717, 1.165) is 23.9 Å². The summed E-state index contributed by atoms with van der Waals surface area (Å²) in [5.41, 5.74) is 1.21. The van der Waals surface area contributed by atoms with Crippen molar-refractivity contribution < 1.29 is 14.6 Å². The van der Waals surface area contributed by atoms with Gasteiger partial charge in [-0.2, -0.15) is 0 Å². The minimum absolute atomic E-state index is 0.121. The maximum atomic E-state index is 10.8. The lowest BCUT2D eigenvalue weighted by Gasteiger charge is -2.30. The molecule has 18 heavy (non-hydrogen) atoms. The molecule has 1 fully saturated rings. The van der Waals surface area contributed by atoms with Crippen LogP contribution in [0.4, 0.5) is 4.79 Å². The highest BCUT2D eigenvalue weighted by molar-refractivity contribution is 9.08. The van der Waals surface area contributed by atoms with Gasteiger partial charge >= 0.3 is 6.09 Å². The number of likely N-dealkylation sites (tertiary alicyclic amines) is 1. The summed E-state index contributed by atoms with van der Waals surface area (Å²) in [6, 6.07) is 7.97. The zero-order valence-electron chi connectivity index (χ0n) is 10.0. The molecule has 1 aromatic carbocycles. The highest BCUT2D eigenvalue weighted by Gasteiger charge is 2.23. The van der Waals surface area contributed by atoms with E-state index in [9.17, 15) is 4.79 Å². The Bertz CT molecular complexity index is 399. The lowest BCUT2D eigenvalue weighted by molar-refractivity contribution is 0.0895. The third-order valence-corrected chi connectivity index (χ3v) is 3.74. The third kappa shape index (κ3) is 3.38. The molecule has 0 saturated carbocycles. The Kier molecular flexibility index (Phi) is 4.47. The number of hydrogen-bond acceptors (Lipinski definition) is 2. The summed E-state index contributed by atoms with van der Waals surface area (Å²) < 4.78 is 5.85. The molecule has 98 valence electrons. The molecule has 0 radical (unpaired) electrons. The van der Waals surface area contributed by atoms with Gasteiger partial charge in [-0.15, -0.1) is 0 Å². The number of nitrogens with zero attached hydrogens (tertiary/aromatic N) is 1. The Labute approximate surface area is 115 Å². The fourth-order valence-corrected chi connectivity index (χ4v) is 2.39. The van der Waals surface area contributed by atoms with Gasteiger partial charge in [-0.05, 0) is 17.7 Å². The number of piperidine rings is 1. The Hall–Kier alpha value is -1.23. The summed E-state index contributed by atoms with van der Waals surface area (Å²) >= 11 is 3.40. The number of alkyl halides is 1. The van der Waals surface area contributed by atoms with Gasteiger partial charge in [0.25, 0.3) is 0 Å². The SMILES string of the molecule is O=C(O)N1CCC(Oc2ccc(CBr)cc2)CC1. The van der Waals surface area contributed by atoms with E-state index >= 15 is 0 Å². The van der Waals surface area contributed by atoms with E-state index < -0.39 is 6.09 Å². The number of halogens is 1. The molecule has 0 aromatic heterocycles. The summed E-state index contributed by atoms with van der Waals surface area (Å²) in [5.74, 6) is 0.855. The first kappa shape index (κ1) is 13.2. The molecule has 1 amide bonds. The summed E-state index contributed by atoms with van der Waals surface area (Å²) in [4.78, 5) is 12.2. The molecular weight excluding hydrogens is 298 g/mol. The van der Waals surface area contributed by atoms with E-state index in [0.29, 0.717) is 13.1 Å². The Morgan fingerprint density at radius 3 is 2.44 bits per heavy atom. The van der Waals surface area contributed by atoms with Crippen LogP contribution in [0, 0.1) is 0 Å². The number of carboxylic acid groups (broad SMARTS) is 1. The zero-order valence-corrected chi connectivity index (χ0v) is 11.6. The van der Waals surface area contributed by atoms with Gasteiger partial charge in [-0.1, -0.05) is 28.1 Å². The van der Waals surface area contributed by atoms with Gasteiger partial charge in [0.2, 0.25) is 0 Å². The maximum Gasteiger partial charge on any atom is 0.407 e. The van der Waals surface area contributed by atoms with Crippen LogP contribution in [-0.4, -0.2) is 35.3 Å². The second-order valence-corrected chi connectivity index (χ2v) is 4.93. The second kappa shape index (κ2) is 6.09. The molecule has 4 nitrogen and oxygen atoms in total. The summed E-state index contributed by atoms with van der Waals surface area (Å²) in [6.07, 6.45) is 0.796. The van der Waals surface area contributed by atoms with Crippen LogP contribution >= 0.6 is 15.9 Å². The van der Waals surface area contributed by atoms with E-state index in [1.165, 1.54) is 10.5 Å². The van der Waals surface area contributed by atoms with Crippen molar-refractivity contribution in [3.8, 4) is 5.75 Å². The van der Waals surface area contributed by atoms with Gasteiger partial charge < -0.3 is 14.7 Å². The zero-order chi connectivity index (χ0) is 13.0. The number of amides is 1. The van der Waals surface area contributed by atoms with Crippen LogP contribution in [0.3, 0.4) is 0 Å². The molecule has 1 saturated heterocycles. The number of rotatable bonds is 3.